The molecule has 1 aromatic carbocycles. The molecule has 0 spiro atoms. The van der Waals surface area contributed by atoms with Gasteiger partial charge in [0, 0.05) is 24.9 Å². The van der Waals surface area contributed by atoms with Gasteiger partial charge in [0.2, 0.25) is 0 Å². The van der Waals surface area contributed by atoms with E-state index >= 15 is 0 Å². The van der Waals surface area contributed by atoms with E-state index in [2.05, 4.69) is 4.98 Å². The number of halogens is 2. The lowest BCUT2D eigenvalue weighted by atomic mass is 9.90. The molecule has 3 N–H and O–H groups in total. The Labute approximate surface area is 122 Å². The van der Waals surface area contributed by atoms with Gasteiger partial charge in [-0.2, -0.15) is 0 Å². The second kappa shape index (κ2) is 6.35. The normalized spacial score (nSPS) is 14.1. The number of hydrogen-bond donors (Lipinski definition) is 2. The first kappa shape index (κ1) is 14.3. The fraction of sp³-hybridized carbons (Fsp3) is 0.214. The highest BCUT2D eigenvalue weighted by Gasteiger charge is 2.22. The van der Waals surface area contributed by atoms with E-state index < -0.39 is 6.10 Å². The molecule has 2 aromatic rings. The summed E-state index contributed by atoms with van der Waals surface area (Å²) >= 11 is 11.9. The van der Waals surface area contributed by atoms with Crippen LogP contribution in [0.5, 0.6) is 0 Å². The first-order chi connectivity index (χ1) is 9.13. The monoisotopic (exact) mass is 296 g/mol. The molecule has 5 heteroatoms. The van der Waals surface area contributed by atoms with Crippen molar-refractivity contribution >= 4 is 23.2 Å². The molecule has 0 saturated carbocycles. The topological polar surface area (TPSA) is 59.1 Å². The van der Waals surface area contributed by atoms with Crippen molar-refractivity contribution in [1.29, 1.82) is 0 Å². The minimum Gasteiger partial charge on any atom is -0.388 e. The summed E-state index contributed by atoms with van der Waals surface area (Å²) < 4.78 is 0. The number of aliphatic hydroxyl groups is 1. The lowest BCUT2D eigenvalue weighted by Gasteiger charge is -2.22. The summed E-state index contributed by atoms with van der Waals surface area (Å²) in [5, 5.41) is 11.3. The Morgan fingerprint density at radius 1 is 1.16 bits per heavy atom. The van der Waals surface area contributed by atoms with Gasteiger partial charge in [-0.25, -0.2) is 0 Å². The van der Waals surface area contributed by atoms with E-state index in [-0.39, 0.29) is 5.92 Å². The summed E-state index contributed by atoms with van der Waals surface area (Å²) in [5.41, 5.74) is 7.36. The maximum atomic E-state index is 10.4. The summed E-state index contributed by atoms with van der Waals surface area (Å²) in [4.78, 5) is 4.00. The van der Waals surface area contributed by atoms with Crippen molar-refractivity contribution in [2.45, 2.75) is 12.0 Å². The van der Waals surface area contributed by atoms with Crippen molar-refractivity contribution in [2.24, 2.45) is 5.73 Å². The van der Waals surface area contributed by atoms with E-state index in [1.54, 1.807) is 30.6 Å². The maximum Gasteiger partial charge on any atom is 0.0885 e. The van der Waals surface area contributed by atoms with E-state index in [1.165, 1.54) is 0 Å². The summed E-state index contributed by atoms with van der Waals surface area (Å²) in [6, 6.07) is 8.86. The largest absolute Gasteiger partial charge is 0.388 e. The molecule has 0 aliphatic rings. The molecule has 0 aliphatic carbocycles. The van der Waals surface area contributed by atoms with Crippen molar-refractivity contribution in [1.82, 2.24) is 4.98 Å². The highest BCUT2D eigenvalue weighted by Crippen LogP contribution is 2.33. The Hall–Kier alpha value is -1.13. The van der Waals surface area contributed by atoms with Crippen molar-refractivity contribution in [3.05, 3.63) is 63.9 Å². The number of benzene rings is 1. The zero-order valence-electron chi connectivity index (χ0n) is 10.1. The van der Waals surface area contributed by atoms with Gasteiger partial charge in [-0.05, 0) is 29.3 Å². The molecule has 3 nitrogen and oxygen atoms in total. The Bertz CT molecular complexity index is 548. The van der Waals surface area contributed by atoms with Gasteiger partial charge in [0.05, 0.1) is 16.1 Å². The van der Waals surface area contributed by atoms with E-state index in [4.69, 9.17) is 28.9 Å². The molecule has 1 aromatic heterocycles. The second-order valence-corrected chi connectivity index (χ2v) is 5.06. The van der Waals surface area contributed by atoms with E-state index in [0.717, 1.165) is 11.1 Å². The molecule has 0 saturated heterocycles. The lowest BCUT2D eigenvalue weighted by Crippen LogP contribution is -2.20. The molecule has 1 heterocycles. The molecule has 0 aliphatic heterocycles. The fourth-order valence-electron chi connectivity index (χ4n) is 1.97. The fourth-order valence-corrected chi connectivity index (χ4v) is 2.28. The minimum atomic E-state index is -0.726. The highest BCUT2D eigenvalue weighted by atomic mass is 35.5. The van der Waals surface area contributed by atoms with Crippen LogP contribution in [0.4, 0.5) is 0 Å². The third-order valence-electron chi connectivity index (χ3n) is 3.03. The summed E-state index contributed by atoms with van der Waals surface area (Å²) in [5.74, 6) is -0.251. The van der Waals surface area contributed by atoms with Gasteiger partial charge in [0.15, 0.2) is 0 Å². The van der Waals surface area contributed by atoms with Crippen molar-refractivity contribution in [2.75, 3.05) is 6.54 Å². The van der Waals surface area contributed by atoms with Crippen molar-refractivity contribution < 1.29 is 5.11 Å². The second-order valence-electron chi connectivity index (χ2n) is 4.25. The lowest BCUT2D eigenvalue weighted by molar-refractivity contribution is 0.147. The van der Waals surface area contributed by atoms with Crippen LogP contribution in [0.25, 0.3) is 0 Å². The summed E-state index contributed by atoms with van der Waals surface area (Å²) in [6.45, 7) is 0.300. The van der Waals surface area contributed by atoms with Crippen LogP contribution in [0.15, 0.2) is 42.7 Å². The third-order valence-corrected chi connectivity index (χ3v) is 3.77. The number of aliphatic hydroxyl groups excluding tert-OH is 1. The smallest absolute Gasteiger partial charge is 0.0885 e. The Morgan fingerprint density at radius 3 is 2.53 bits per heavy atom. The van der Waals surface area contributed by atoms with Crippen LogP contribution in [0.3, 0.4) is 0 Å². The molecular formula is C14H14Cl2N2O. The third kappa shape index (κ3) is 3.25. The maximum absolute atomic E-state index is 10.4. The molecule has 100 valence electrons. The highest BCUT2D eigenvalue weighted by molar-refractivity contribution is 6.42. The molecule has 0 radical (unpaired) electrons. The van der Waals surface area contributed by atoms with Gasteiger partial charge in [-0.15, -0.1) is 0 Å². The van der Waals surface area contributed by atoms with Crippen molar-refractivity contribution in [3.8, 4) is 0 Å². The molecular weight excluding hydrogens is 283 g/mol. The van der Waals surface area contributed by atoms with Crippen LogP contribution in [-0.2, 0) is 0 Å². The number of rotatable bonds is 4. The average molecular weight is 297 g/mol. The number of nitrogens with zero attached hydrogens (tertiary/aromatic N) is 1. The van der Waals surface area contributed by atoms with E-state index in [0.29, 0.717) is 16.6 Å². The predicted molar refractivity (Wildman–Crippen MR) is 77.5 cm³/mol. The number of pyridine rings is 1. The quantitative estimate of drug-likeness (QED) is 0.911. The van der Waals surface area contributed by atoms with Gasteiger partial charge in [-0.3, -0.25) is 4.98 Å². The van der Waals surface area contributed by atoms with Gasteiger partial charge >= 0.3 is 0 Å². The van der Waals surface area contributed by atoms with Crippen LogP contribution in [-0.4, -0.2) is 16.6 Å². The molecule has 2 unspecified atom stereocenters. The summed E-state index contributed by atoms with van der Waals surface area (Å²) in [6.07, 6.45) is 2.56. The molecule has 2 atom stereocenters. The predicted octanol–water partition coefficient (Wildman–Crippen LogP) is 3.16. The van der Waals surface area contributed by atoms with E-state index in [9.17, 15) is 5.11 Å². The average Bonchev–Trinajstić information content (AvgIpc) is 2.44. The zero-order valence-corrected chi connectivity index (χ0v) is 11.6. The molecule has 19 heavy (non-hydrogen) atoms. The molecule has 0 fully saturated rings. The molecule has 0 amide bonds. The first-order valence-corrected chi connectivity index (χ1v) is 6.62. The summed E-state index contributed by atoms with van der Waals surface area (Å²) in [7, 11) is 0. The van der Waals surface area contributed by atoms with Crippen LogP contribution >= 0.6 is 23.2 Å². The van der Waals surface area contributed by atoms with Gasteiger partial charge in [0.1, 0.15) is 0 Å². The molecule has 2 rings (SSSR count). The Balaban J connectivity index is 2.31. The van der Waals surface area contributed by atoms with Gasteiger partial charge < -0.3 is 10.8 Å². The number of nitrogens with two attached hydrogens (primary N) is 1. The SMILES string of the molecule is NCC(c1ccc(Cl)c(Cl)c1)C(O)c1cccnc1. The van der Waals surface area contributed by atoms with E-state index in [1.807, 2.05) is 12.1 Å². The zero-order chi connectivity index (χ0) is 13.8. The Kier molecular flexibility index (Phi) is 4.77. The van der Waals surface area contributed by atoms with Crippen LogP contribution < -0.4 is 5.73 Å². The number of aromatic nitrogens is 1. The van der Waals surface area contributed by atoms with Crippen LogP contribution in [0.1, 0.15) is 23.1 Å². The van der Waals surface area contributed by atoms with Crippen LogP contribution in [0.2, 0.25) is 10.0 Å². The van der Waals surface area contributed by atoms with Crippen LogP contribution in [0, 0.1) is 0 Å². The van der Waals surface area contributed by atoms with Crippen molar-refractivity contribution in [3.63, 3.8) is 0 Å². The first-order valence-electron chi connectivity index (χ1n) is 5.86. The minimum absolute atomic E-state index is 0.251. The van der Waals surface area contributed by atoms with Gasteiger partial charge in [0.25, 0.3) is 0 Å². The van der Waals surface area contributed by atoms with Gasteiger partial charge in [-0.1, -0.05) is 35.3 Å². The molecule has 0 bridgehead atoms. The number of hydrogen-bond acceptors (Lipinski definition) is 3. The standard InChI is InChI=1S/C14H14Cl2N2O/c15-12-4-3-9(6-13(12)16)11(7-17)14(19)10-2-1-5-18-8-10/h1-6,8,11,14,19H,7,17H2. The Morgan fingerprint density at radius 2 is 1.95 bits per heavy atom.